The SMILES string of the molecule is COC(=O)c1cc([C@H]2CN(C)C(=O)[C@@H]2C(=O)Nc2cccc(F)c2F)ccc1C. The minimum Gasteiger partial charge on any atom is -0.465 e. The number of anilines is 1. The molecule has 1 saturated heterocycles. The summed E-state index contributed by atoms with van der Waals surface area (Å²) in [6.07, 6.45) is 0. The zero-order valence-electron chi connectivity index (χ0n) is 16.2. The van der Waals surface area contributed by atoms with Crippen molar-refractivity contribution in [2.75, 3.05) is 26.0 Å². The standard InChI is InChI=1S/C21H20F2N2O4/c1-11-7-8-12(9-13(11)21(28)29-3)14-10-25(2)20(27)17(14)19(26)24-16-6-4-5-15(22)18(16)23/h4-9,14,17H,10H2,1-3H3,(H,24,26)/t14-,17+/m1/s1. The number of amides is 2. The van der Waals surface area contributed by atoms with Crippen molar-refractivity contribution in [3.8, 4) is 0 Å². The summed E-state index contributed by atoms with van der Waals surface area (Å²) in [7, 11) is 2.83. The number of hydrogen-bond acceptors (Lipinski definition) is 4. The average molecular weight is 402 g/mol. The van der Waals surface area contributed by atoms with Crippen molar-refractivity contribution in [1.29, 1.82) is 0 Å². The van der Waals surface area contributed by atoms with Gasteiger partial charge in [0.25, 0.3) is 0 Å². The molecule has 0 saturated carbocycles. The monoisotopic (exact) mass is 402 g/mol. The summed E-state index contributed by atoms with van der Waals surface area (Å²) in [5.41, 5.74) is 1.30. The predicted octanol–water partition coefficient (Wildman–Crippen LogP) is 2.87. The maximum atomic E-state index is 13.9. The molecule has 6 nitrogen and oxygen atoms in total. The zero-order chi connectivity index (χ0) is 21.3. The van der Waals surface area contributed by atoms with Gasteiger partial charge in [0.15, 0.2) is 11.6 Å². The first-order valence-electron chi connectivity index (χ1n) is 8.93. The van der Waals surface area contributed by atoms with Crippen molar-refractivity contribution in [2.24, 2.45) is 5.92 Å². The predicted molar refractivity (Wildman–Crippen MR) is 101 cm³/mol. The molecule has 0 unspecified atom stereocenters. The molecule has 1 heterocycles. The highest BCUT2D eigenvalue weighted by Gasteiger charge is 2.44. The van der Waals surface area contributed by atoms with Crippen LogP contribution < -0.4 is 5.32 Å². The Hall–Kier alpha value is -3.29. The molecule has 0 spiro atoms. The minimum atomic E-state index is -1.19. The van der Waals surface area contributed by atoms with E-state index in [0.717, 1.165) is 6.07 Å². The van der Waals surface area contributed by atoms with E-state index in [1.807, 2.05) is 0 Å². The number of ether oxygens (including phenoxy) is 1. The number of halogens is 2. The van der Waals surface area contributed by atoms with Gasteiger partial charge in [-0.1, -0.05) is 18.2 Å². The van der Waals surface area contributed by atoms with Gasteiger partial charge in [-0.05, 0) is 36.2 Å². The molecule has 1 fully saturated rings. The highest BCUT2D eigenvalue weighted by atomic mass is 19.2. The van der Waals surface area contributed by atoms with Crippen LogP contribution in [-0.4, -0.2) is 43.4 Å². The van der Waals surface area contributed by atoms with E-state index in [9.17, 15) is 23.2 Å². The summed E-state index contributed by atoms with van der Waals surface area (Å²) >= 11 is 0. The first-order valence-corrected chi connectivity index (χ1v) is 8.93. The van der Waals surface area contributed by atoms with E-state index >= 15 is 0 Å². The molecule has 0 radical (unpaired) electrons. The number of hydrogen-bond donors (Lipinski definition) is 1. The molecule has 1 N–H and O–H groups in total. The number of nitrogens with zero attached hydrogens (tertiary/aromatic N) is 1. The summed E-state index contributed by atoms with van der Waals surface area (Å²) in [5, 5.41) is 2.31. The quantitative estimate of drug-likeness (QED) is 0.630. The Kier molecular flexibility index (Phi) is 5.63. The highest BCUT2D eigenvalue weighted by Crippen LogP contribution is 2.35. The summed E-state index contributed by atoms with van der Waals surface area (Å²) in [6, 6.07) is 8.46. The smallest absolute Gasteiger partial charge is 0.338 e. The first kappa shape index (κ1) is 20.4. The van der Waals surface area contributed by atoms with E-state index in [2.05, 4.69) is 5.32 Å². The third-order valence-corrected chi connectivity index (χ3v) is 5.10. The lowest BCUT2D eigenvalue weighted by atomic mass is 9.86. The topological polar surface area (TPSA) is 75.7 Å². The van der Waals surface area contributed by atoms with Gasteiger partial charge in [0.05, 0.1) is 18.4 Å². The molecule has 8 heteroatoms. The van der Waals surface area contributed by atoms with Crippen molar-refractivity contribution in [2.45, 2.75) is 12.8 Å². The molecule has 0 aliphatic carbocycles. The summed E-state index contributed by atoms with van der Waals surface area (Å²) in [5.74, 6) is -5.71. The van der Waals surface area contributed by atoms with Crippen LogP contribution in [0, 0.1) is 24.5 Å². The normalized spacial score (nSPS) is 18.7. The maximum absolute atomic E-state index is 13.9. The second-order valence-electron chi connectivity index (χ2n) is 6.96. The molecule has 2 atom stereocenters. The van der Waals surface area contributed by atoms with Gasteiger partial charge in [-0.3, -0.25) is 9.59 Å². The summed E-state index contributed by atoms with van der Waals surface area (Å²) in [6.45, 7) is 1.99. The number of esters is 1. The van der Waals surface area contributed by atoms with Crippen LogP contribution >= 0.6 is 0 Å². The van der Waals surface area contributed by atoms with Crippen LogP contribution in [0.5, 0.6) is 0 Å². The molecule has 1 aliphatic rings. The van der Waals surface area contributed by atoms with Crippen molar-refractivity contribution in [1.82, 2.24) is 4.90 Å². The number of benzene rings is 2. The van der Waals surface area contributed by atoms with Crippen molar-refractivity contribution in [3.63, 3.8) is 0 Å². The van der Waals surface area contributed by atoms with Crippen molar-refractivity contribution < 1.29 is 27.9 Å². The Morgan fingerprint density at radius 1 is 1.21 bits per heavy atom. The number of rotatable bonds is 4. The molecular weight excluding hydrogens is 382 g/mol. The van der Waals surface area contributed by atoms with E-state index in [4.69, 9.17) is 4.74 Å². The molecule has 3 rings (SSSR count). The Morgan fingerprint density at radius 3 is 2.62 bits per heavy atom. The number of likely N-dealkylation sites (tertiary alicyclic amines) is 1. The fraction of sp³-hybridized carbons (Fsp3) is 0.286. The summed E-state index contributed by atoms with van der Waals surface area (Å²) in [4.78, 5) is 38.8. The fourth-order valence-corrected chi connectivity index (χ4v) is 3.50. The second-order valence-corrected chi connectivity index (χ2v) is 6.96. The molecule has 152 valence electrons. The van der Waals surface area contributed by atoms with Gasteiger partial charge in [-0.2, -0.15) is 0 Å². The molecule has 2 aromatic carbocycles. The molecule has 29 heavy (non-hydrogen) atoms. The van der Waals surface area contributed by atoms with Gasteiger partial charge in [0.1, 0.15) is 5.92 Å². The molecular formula is C21H20F2N2O4. The molecule has 1 aliphatic heterocycles. The molecule has 0 aromatic heterocycles. The first-order chi connectivity index (χ1) is 13.7. The van der Waals surface area contributed by atoms with E-state index in [1.54, 1.807) is 32.2 Å². The Labute approximate surface area is 166 Å². The molecule has 0 bridgehead atoms. The van der Waals surface area contributed by atoms with Crippen molar-refractivity contribution >= 4 is 23.5 Å². The van der Waals surface area contributed by atoms with E-state index < -0.39 is 41.3 Å². The van der Waals surface area contributed by atoms with Gasteiger partial charge in [-0.25, -0.2) is 13.6 Å². The maximum Gasteiger partial charge on any atom is 0.338 e. The lowest BCUT2D eigenvalue weighted by Gasteiger charge is -2.18. The second kappa shape index (κ2) is 7.98. The number of carbonyl (C=O) groups excluding carboxylic acids is 3. The Balaban J connectivity index is 1.94. The van der Waals surface area contributed by atoms with Gasteiger partial charge in [-0.15, -0.1) is 0 Å². The van der Waals surface area contributed by atoms with E-state index in [0.29, 0.717) is 16.7 Å². The largest absolute Gasteiger partial charge is 0.465 e. The van der Waals surface area contributed by atoms with E-state index in [-0.39, 0.29) is 12.2 Å². The van der Waals surface area contributed by atoms with E-state index in [1.165, 1.54) is 24.1 Å². The van der Waals surface area contributed by atoms with Crippen LogP contribution in [0.3, 0.4) is 0 Å². The van der Waals surface area contributed by atoms with Gasteiger partial charge in [0, 0.05) is 19.5 Å². The number of likely N-dealkylation sites (N-methyl/N-ethyl adjacent to an activating group) is 1. The van der Waals surface area contributed by atoms with Gasteiger partial charge >= 0.3 is 5.97 Å². The number of aryl methyl sites for hydroxylation is 1. The Morgan fingerprint density at radius 2 is 1.93 bits per heavy atom. The molecule has 2 aromatic rings. The average Bonchev–Trinajstić information content (AvgIpc) is 3.00. The van der Waals surface area contributed by atoms with Crippen LogP contribution in [0.4, 0.5) is 14.5 Å². The van der Waals surface area contributed by atoms with Crippen LogP contribution in [0.25, 0.3) is 0 Å². The number of methoxy groups -OCH3 is 1. The van der Waals surface area contributed by atoms with Gasteiger partial charge < -0.3 is 15.0 Å². The highest BCUT2D eigenvalue weighted by molar-refractivity contribution is 6.08. The van der Waals surface area contributed by atoms with Crippen molar-refractivity contribution in [3.05, 3.63) is 64.7 Å². The lowest BCUT2D eigenvalue weighted by molar-refractivity contribution is -0.135. The minimum absolute atomic E-state index is 0.242. The fourth-order valence-electron chi connectivity index (χ4n) is 3.50. The third kappa shape index (κ3) is 3.83. The van der Waals surface area contributed by atoms with Crippen LogP contribution in [0.15, 0.2) is 36.4 Å². The third-order valence-electron chi connectivity index (χ3n) is 5.10. The lowest BCUT2D eigenvalue weighted by Crippen LogP contribution is -2.33. The number of carbonyl (C=O) groups is 3. The van der Waals surface area contributed by atoms with Crippen LogP contribution in [0.2, 0.25) is 0 Å². The van der Waals surface area contributed by atoms with Crippen LogP contribution in [-0.2, 0) is 14.3 Å². The van der Waals surface area contributed by atoms with Gasteiger partial charge in [0.2, 0.25) is 11.8 Å². The Bertz CT molecular complexity index is 993. The molecule has 2 amide bonds. The van der Waals surface area contributed by atoms with Crippen LogP contribution in [0.1, 0.15) is 27.4 Å². The number of nitrogens with one attached hydrogen (secondary N) is 1. The summed E-state index contributed by atoms with van der Waals surface area (Å²) < 4.78 is 32.1. The zero-order valence-corrected chi connectivity index (χ0v) is 16.2.